The molecule has 1 heterocycles. The van der Waals surface area contributed by atoms with Crippen molar-refractivity contribution in [3.8, 4) is 22.4 Å². The molecule has 3 aromatic rings. The molecule has 1 aromatic heterocycles. The van der Waals surface area contributed by atoms with Crippen molar-refractivity contribution in [1.29, 1.82) is 0 Å². The van der Waals surface area contributed by atoms with Crippen LogP contribution in [-0.4, -0.2) is 10.9 Å². The number of carbonyl (C=O) groups excluding carboxylic acids is 1. The number of nitrogen functional groups attached to an aromatic ring is 1. The van der Waals surface area contributed by atoms with Gasteiger partial charge < -0.3 is 14.6 Å². The van der Waals surface area contributed by atoms with Crippen molar-refractivity contribution < 1.29 is 4.79 Å². The second-order valence-corrected chi connectivity index (χ2v) is 7.55. The molecule has 7 heteroatoms. The number of fused-ring (bicyclic) bond motifs is 3. The molecule has 1 amide bonds. The van der Waals surface area contributed by atoms with E-state index in [-0.39, 0.29) is 5.91 Å². The van der Waals surface area contributed by atoms with Crippen LogP contribution in [0.4, 0.5) is 16.5 Å². The predicted octanol–water partition coefficient (Wildman–Crippen LogP) is 4.68. The van der Waals surface area contributed by atoms with E-state index in [9.17, 15) is 4.79 Å². The van der Waals surface area contributed by atoms with Gasteiger partial charge in [0.2, 0.25) is 5.91 Å². The third-order valence-electron chi connectivity index (χ3n) is 4.14. The van der Waals surface area contributed by atoms with Gasteiger partial charge in [-0.2, -0.15) is 0 Å². The van der Waals surface area contributed by atoms with Crippen molar-refractivity contribution in [3.63, 3.8) is 0 Å². The van der Waals surface area contributed by atoms with Crippen LogP contribution in [0.2, 0.25) is 0 Å². The molecule has 0 saturated heterocycles. The zero-order valence-electron chi connectivity index (χ0n) is 13.4. The Morgan fingerprint density at radius 2 is 2.12 bits per heavy atom. The van der Waals surface area contributed by atoms with E-state index in [2.05, 4.69) is 48.8 Å². The molecule has 0 fully saturated rings. The Balaban J connectivity index is 1.90. The number of hydrogen-bond donors (Lipinski definition) is 3. The van der Waals surface area contributed by atoms with Crippen LogP contribution in [0.1, 0.15) is 17.4 Å². The van der Waals surface area contributed by atoms with Crippen LogP contribution in [0.3, 0.4) is 0 Å². The summed E-state index contributed by atoms with van der Waals surface area (Å²) in [6.07, 6.45) is 0.838. The van der Waals surface area contributed by atoms with Gasteiger partial charge in [0, 0.05) is 40.7 Å². The molecule has 0 unspecified atom stereocenters. The SMILES string of the molecule is CC(=O)Nc1cc2c(cc1-c1cccc(N)c1)-c1nc(NI)sc1C2. The zero-order chi connectivity index (χ0) is 17.6. The lowest BCUT2D eigenvalue weighted by Gasteiger charge is -2.14. The summed E-state index contributed by atoms with van der Waals surface area (Å²) in [5, 5.41) is 3.86. The highest BCUT2D eigenvalue weighted by molar-refractivity contribution is 14.1. The summed E-state index contributed by atoms with van der Waals surface area (Å²) in [5.41, 5.74) is 12.7. The molecule has 4 rings (SSSR count). The van der Waals surface area contributed by atoms with Gasteiger partial charge in [-0.05, 0) is 35.4 Å². The number of halogens is 1. The minimum Gasteiger partial charge on any atom is -0.399 e. The normalized spacial score (nSPS) is 11.8. The van der Waals surface area contributed by atoms with Crippen molar-refractivity contribution in [2.75, 3.05) is 14.6 Å². The van der Waals surface area contributed by atoms with E-state index in [1.165, 1.54) is 17.4 Å². The number of amides is 1. The van der Waals surface area contributed by atoms with Crippen molar-refractivity contribution in [1.82, 2.24) is 4.98 Å². The van der Waals surface area contributed by atoms with Crippen LogP contribution >= 0.6 is 34.2 Å². The summed E-state index contributed by atoms with van der Waals surface area (Å²) in [6, 6.07) is 11.9. The maximum Gasteiger partial charge on any atom is 0.221 e. The molecule has 1 aliphatic rings. The maximum atomic E-state index is 11.7. The Bertz CT molecular complexity index is 999. The van der Waals surface area contributed by atoms with Crippen LogP contribution in [0.25, 0.3) is 22.4 Å². The van der Waals surface area contributed by atoms with Gasteiger partial charge in [-0.3, -0.25) is 4.79 Å². The van der Waals surface area contributed by atoms with Crippen LogP contribution in [-0.2, 0) is 11.2 Å². The highest BCUT2D eigenvalue weighted by Crippen LogP contribution is 2.45. The third kappa shape index (κ3) is 2.98. The Hall–Kier alpha value is -2.13. The number of thiazole rings is 1. The molecule has 0 radical (unpaired) electrons. The van der Waals surface area contributed by atoms with Crippen molar-refractivity contribution in [3.05, 3.63) is 46.8 Å². The molecule has 5 nitrogen and oxygen atoms in total. The largest absolute Gasteiger partial charge is 0.399 e. The third-order valence-corrected chi connectivity index (χ3v) is 5.98. The van der Waals surface area contributed by atoms with E-state index in [1.807, 2.05) is 24.3 Å². The molecule has 126 valence electrons. The summed E-state index contributed by atoms with van der Waals surface area (Å²) in [4.78, 5) is 17.6. The van der Waals surface area contributed by atoms with E-state index < -0.39 is 0 Å². The van der Waals surface area contributed by atoms with Crippen LogP contribution in [0.15, 0.2) is 36.4 Å². The first-order valence-electron chi connectivity index (χ1n) is 7.72. The molecule has 1 aliphatic carbocycles. The van der Waals surface area contributed by atoms with Crippen molar-refractivity contribution in [2.24, 2.45) is 0 Å². The summed E-state index contributed by atoms with van der Waals surface area (Å²) in [7, 11) is 0. The van der Waals surface area contributed by atoms with Gasteiger partial charge in [0.15, 0.2) is 5.13 Å². The monoisotopic (exact) mass is 462 g/mol. The topological polar surface area (TPSA) is 80.0 Å². The van der Waals surface area contributed by atoms with Gasteiger partial charge in [-0.15, -0.1) is 11.3 Å². The molecule has 0 aliphatic heterocycles. The first-order chi connectivity index (χ1) is 12.0. The fourth-order valence-corrected chi connectivity index (χ4v) is 4.48. The standard InChI is InChI=1S/C18H15IN4OS/c1-9(24)21-15-6-11-7-16-17(22-18(23-19)25-16)14(11)8-13(15)10-3-2-4-12(20)5-10/h2-6,8H,7,20H2,1H3,(H,21,24)(H,22,23). The number of aromatic nitrogens is 1. The zero-order valence-corrected chi connectivity index (χ0v) is 16.4. The van der Waals surface area contributed by atoms with Crippen molar-refractivity contribution >= 4 is 56.6 Å². The average Bonchev–Trinajstić information content (AvgIpc) is 3.10. The number of nitrogens with two attached hydrogens (primary N) is 1. The molecular formula is C18H15IN4OS. The second kappa shape index (κ2) is 6.30. The quantitative estimate of drug-likeness (QED) is 0.235. The van der Waals surface area contributed by atoms with Crippen LogP contribution in [0.5, 0.6) is 0 Å². The van der Waals surface area contributed by atoms with Crippen LogP contribution in [0, 0.1) is 0 Å². The number of hydrogen-bond acceptors (Lipinski definition) is 5. The summed E-state index contributed by atoms with van der Waals surface area (Å²) >= 11 is 3.76. The number of anilines is 3. The van der Waals surface area contributed by atoms with E-state index in [1.54, 1.807) is 11.3 Å². The highest BCUT2D eigenvalue weighted by Gasteiger charge is 2.25. The first kappa shape index (κ1) is 16.3. The van der Waals surface area contributed by atoms with Crippen LogP contribution < -0.4 is 14.6 Å². The fraction of sp³-hybridized carbons (Fsp3) is 0.111. The number of nitrogens with one attached hydrogen (secondary N) is 2. The van der Waals surface area contributed by atoms with Gasteiger partial charge in [0.05, 0.1) is 28.6 Å². The van der Waals surface area contributed by atoms with Gasteiger partial charge in [-0.1, -0.05) is 12.1 Å². The molecule has 25 heavy (non-hydrogen) atoms. The smallest absolute Gasteiger partial charge is 0.221 e. The minimum atomic E-state index is -0.0904. The minimum absolute atomic E-state index is 0.0904. The number of nitrogens with zero attached hydrogens (tertiary/aromatic N) is 1. The molecule has 0 saturated carbocycles. The van der Waals surface area contributed by atoms with Gasteiger partial charge >= 0.3 is 0 Å². The Kier molecular flexibility index (Phi) is 4.12. The van der Waals surface area contributed by atoms with E-state index in [0.717, 1.165) is 39.6 Å². The molecule has 0 bridgehead atoms. The first-order valence-corrected chi connectivity index (χ1v) is 9.62. The van der Waals surface area contributed by atoms with E-state index in [4.69, 9.17) is 5.73 Å². The second-order valence-electron chi connectivity index (χ2n) is 5.92. The van der Waals surface area contributed by atoms with Crippen molar-refractivity contribution in [2.45, 2.75) is 13.3 Å². The molecular weight excluding hydrogens is 447 g/mol. The number of carbonyl (C=O) groups is 1. The van der Waals surface area contributed by atoms with E-state index in [0.29, 0.717) is 5.69 Å². The molecule has 2 aromatic carbocycles. The Morgan fingerprint density at radius 1 is 1.28 bits per heavy atom. The molecule has 0 spiro atoms. The van der Waals surface area contributed by atoms with Gasteiger partial charge in [0.25, 0.3) is 0 Å². The predicted molar refractivity (Wildman–Crippen MR) is 112 cm³/mol. The summed E-state index contributed by atoms with van der Waals surface area (Å²) in [6.45, 7) is 1.52. The molecule has 0 atom stereocenters. The summed E-state index contributed by atoms with van der Waals surface area (Å²) < 4.78 is 3.08. The van der Waals surface area contributed by atoms with E-state index >= 15 is 0 Å². The highest BCUT2D eigenvalue weighted by atomic mass is 127. The Labute approximate surface area is 163 Å². The lowest BCUT2D eigenvalue weighted by Crippen LogP contribution is -2.07. The van der Waals surface area contributed by atoms with Gasteiger partial charge in [-0.25, -0.2) is 4.98 Å². The average molecular weight is 462 g/mol. The Morgan fingerprint density at radius 3 is 2.84 bits per heavy atom. The number of benzene rings is 2. The number of rotatable bonds is 3. The molecule has 4 N–H and O–H groups in total. The maximum absolute atomic E-state index is 11.7. The lowest BCUT2D eigenvalue weighted by atomic mass is 9.97. The van der Waals surface area contributed by atoms with Gasteiger partial charge in [0.1, 0.15) is 0 Å². The lowest BCUT2D eigenvalue weighted by molar-refractivity contribution is -0.114. The summed E-state index contributed by atoms with van der Waals surface area (Å²) in [5.74, 6) is -0.0904. The fourth-order valence-electron chi connectivity index (χ4n) is 3.14.